The van der Waals surface area contributed by atoms with Gasteiger partial charge in [0, 0.05) is 6.04 Å². The fourth-order valence-corrected chi connectivity index (χ4v) is 2.31. The lowest BCUT2D eigenvalue weighted by Gasteiger charge is -2.17. The number of nitrogens with one attached hydrogen (secondary N) is 1. The van der Waals surface area contributed by atoms with Crippen molar-refractivity contribution in [3.63, 3.8) is 0 Å². The Hall–Kier alpha value is -1.89. The molecule has 0 fully saturated rings. The van der Waals surface area contributed by atoms with Crippen molar-refractivity contribution in [1.82, 2.24) is 15.0 Å². The van der Waals surface area contributed by atoms with Crippen LogP contribution in [0.2, 0.25) is 0 Å². The van der Waals surface area contributed by atoms with E-state index in [4.69, 9.17) is 0 Å². The summed E-state index contributed by atoms with van der Waals surface area (Å²) in [5, 5.41) is 8.46. The molecule has 0 bridgehead atoms. The van der Waals surface area contributed by atoms with Gasteiger partial charge < -0.3 is 5.32 Å². The monoisotopic (exact) mass is 295 g/mol. The summed E-state index contributed by atoms with van der Waals surface area (Å²) in [5.41, 5.74) is 0. The molecule has 2 rings (SSSR count). The van der Waals surface area contributed by atoms with Crippen LogP contribution in [0, 0.1) is 5.92 Å². The van der Waals surface area contributed by atoms with Crippen LogP contribution in [0.1, 0.15) is 20.8 Å². The Labute approximate surface area is 120 Å². The minimum Gasteiger partial charge on any atom is -0.352 e. The number of carbonyl (C=O) groups is 1. The van der Waals surface area contributed by atoms with Gasteiger partial charge in [-0.3, -0.25) is 9.32 Å². The Morgan fingerprint density at radius 3 is 2.85 bits per heavy atom. The predicted molar refractivity (Wildman–Crippen MR) is 76.5 cm³/mol. The van der Waals surface area contributed by atoms with Gasteiger partial charge in [0.25, 0.3) is 0 Å². The molecule has 0 aliphatic heterocycles. The lowest BCUT2D eigenvalue weighted by Crippen LogP contribution is -2.39. The number of aromatic nitrogens is 2. The highest BCUT2D eigenvalue weighted by Crippen LogP contribution is 2.21. The van der Waals surface area contributed by atoms with Gasteiger partial charge in [-0.25, -0.2) is 9.36 Å². The van der Waals surface area contributed by atoms with E-state index in [1.54, 1.807) is 0 Å². The summed E-state index contributed by atoms with van der Waals surface area (Å²) in [6.45, 7) is 5.88. The van der Waals surface area contributed by atoms with Crippen LogP contribution >= 0.6 is 11.3 Å². The third-order valence-corrected chi connectivity index (χ3v) is 3.98. The van der Waals surface area contributed by atoms with Gasteiger partial charge >= 0.3 is 5.76 Å². The molecule has 0 aliphatic rings. The molecule has 2 heterocycles. The highest BCUT2D eigenvalue weighted by atomic mass is 32.1. The fraction of sp³-hybridized carbons (Fsp3) is 0.462. The van der Waals surface area contributed by atoms with Gasteiger partial charge in [0.15, 0.2) is 5.82 Å². The first kappa shape index (κ1) is 14.5. The highest BCUT2D eigenvalue weighted by molar-refractivity contribution is 7.13. The zero-order chi connectivity index (χ0) is 14.7. The van der Waals surface area contributed by atoms with E-state index in [-0.39, 0.29) is 18.5 Å². The number of amides is 1. The van der Waals surface area contributed by atoms with Crippen LogP contribution in [-0.4, -0.2) is 21.7 Å². The summed E-state index contributed by atoms with van der Waals surface area (Å²) >= 11 is 1.44. The van der Waals surface area contributed by atoms with Crippen LogP contribution in [0.25, 0.3) is 10.7 Å². The third kappa shape index (κ3) is 3.16. The van der Waals surface area contributed by atoms with Gasteiger partial charge in [-0.15, -0.1) is 11.3 Å². The Morgan fingerprint density at radius 2 is 2.25 bits per heavy atom. The van der Waals surface area contributed by atoms with Gasteiger partial charge in [-0.05, 0) is 24.3 Å². The van der Waals surface area contributed by atoms with Crippen molar-refractivity contribution in [3.05, 3.63) is 28.1 Å². The number of hydrogen-bond acceptors (Lipinski definition) is 5. The molecule has 0 spiro atoms. The Balaban J connectivity index is 2.16. The van der Waals surface area contributed by atoms with Gasteiger partial charge in [0.2, 0.25) is 5.91 Å². The third-order valence-electron chi connectivity index (χ3n) is 3.12. The summed E-state index contributed by atoms with van der Waals surface area (Å²) in [6.07, 6.45) is 0. The van der Waals surface area contributed by atoms with Crippen LogP contribution in [0.4, 0.5) is 0 Å². The quantitative estimate of drug-likeness (QED) is 0.911. The van der Waals surface area contributed by atoms with E-state index in [0.717, 1.165) is 4.88 Å². The molecule has 6 nitrogen and oxygen atoms in total. The lowest BCUT2D eigenvalue weighted by atomic mass is 10.1. The van der Waals surface area contributed by atoms with Gasteiger partial charge in [0.05, 0.1) is 4.88 Å². The number of hydrogen-bond donors (Lipinski definition) is 1. The fourth-order valence-electron chi connectivity index (χ4n) is 1.60. The summed E-state index contributed by atoms with van der Waals surface area (Å²) < 4.78 is 5.90. The second-order valence-electron chi connectivity index (χ2n) is 4.94. The van der Waals surface area contributed by atoms with Crippen molar-refractivity contribution >= 4 is 17.2 Å². The number of carbonyl (C=O) groups excluding carboxylic acids is 1. The lowest BCUT2D eigenvalue weighted by molar-refractivity contribution is -0.122. The SMILES string of the molecule is CC(C)[C@@H](C)NC(=O)Cn1c(-c2cccs2)noc1=O. The summed E-state index contributed by atoms with van der Waals surface area (Å²) in [6, 6.07) is 3.72. The van der Waals surface area contributed by atoms with E-state index in [0.29, 0.717) is 11.7 Å². The summed E-state index contributed by atoms with van der Waals surface area (Å²) in [4.78, 5) is 24.4. The van der Waals surface area contributed by atoms with Crippen LogP contribution in [0.15, 0.2) is 26.8 Å². The molecule has 20 heavy (non-hydrogen) atoms. The minimum atomic E-state index is -0.624. The predicted octanol–water partition coefficient (Wildman–Crippen LogP) is 1.73. The highest BCUT2D eigenvalue weighted by Gasteiger charge is 2.18. The van der Waals surface area contributed by atoms with Crippen LogP contribution in [0.3, 0.4) is 0 Å². The molecular formula is C13H17N3O3S. The van der Waals surface area contributed by atoms with Gasteiger partial charge in [0.1, 0.15) is 6.54 Å². The molecule has 2 aromatic heterocycles. The molecule has 0 saturated heterocycles. The van der Waals surface area contributed by atoms with E-state index in [1.165, 1.54) is 15.9 Å². The normalized spacial score (nSPS) is 12.6. The van der Waals surface area contributed by atoms with Crippen molar-refractivity contribution in [2.24, 2.45) is 5.92 Å². The molecule has 1 amide bonds. The topological polar surface area (TPSA) is 77.1 Å². The first-order valence-corrected chi connectivity index (χ1v) is 7.26. The first-order chi connectivity index (χ1) is 9.49. The number of thiophene rings is 1. The molecule has 0 aromatic carbocycles. The van der Waals surface area contributed by atoms with Crippen molar-refractivity contribution < 1.29 is 9.32 Å². The van der Waals surface area contributed by atoms with Crippen molar-refractivity contribution in [1.29, 1.82) is 0 Å². The summed E-state index contributed by atoms with van der Waals surface area (Å²) in [7, 11) is 0. The second-order valence-corrected chi connectivity index (χ2v) is 5.88. The van der Waals surface area contributed by atoms with E-state index in [9.17, 15) is 9.59 Å². The molecule has 7 heteroatoms. The molecule has 1 N–H and O–H groups in total. The zero-order valence-electron chi connectivity index (χ0n) is 11.6. The molecular weight excluding hydrogens is 278 g/mol. The molecule has 0 radical (unpaired) electrons. The van der Waals surface area contributed by atoms with Crippen molar-refractivity contribution in [3.8, 4) is 10.7 Å². The molecule has 0 unspecified atom stereocenters. The average molecular weight is 295 g/mol. The maximum atomic E-state index is 12.0. The largest absolute Gasteiger partial charge is 0.442 e. The van der Waals surface area contributed by atoms with Crippen LogP contribution < -0.4 is 11.1 Å². The molecule has 0 saturated carbocycles. The molecule has 0 aliphatic carbocycles. The summed E-state index contributed by atoms with van der Waals surface area (Å²) in [5.74, 6) is -0.137. The molecule has 1 atom stereocenters. The minimum absolute atomic E-state index is 0.0447. The second kappa shape index (κ2) is 6.04. The van der Waals surface area contributed by atoms with Gasteiger partial charge in [-0.1, -0.05) is 25.1 Å². The standard InChI is InChI=1S/C13H17N3O3S/c1-8(2)9(3)14-11(17)7-16-12(15-19-13(16)18)10-5-4-6-20-10/h4-6,8-9H,7H2,1-3H3,(H,14,17)/t9-/m1/s1. The Morgan fingerprint density at radius 1 is 1.50 bits per heavy atom. The maximum Gasteiger partial charge on any atom is 0.442 e. The van der Waals surface area contributed by atoms with Gasteiger partial charge in [-0.2, -0.15) is 0 Å². The average Bonchev–Trinajstić information content (AvgIpc) is 3.00. The van der Waals surface area contributed by atoms with E-state index in [2.05, 4.69) is 15.0 Å². The van der Waals surface area contributed by atoms with E-state index < -0.39 is 5.76 Å². The number of nitrogens with zero attached hydrogens (tertiary/aromatic N) is 2. The molecule has 2 aromatic rings. The van der Waals surface area contributed by atoms with Crippen LogP contribution in [0.5, 0.6) is 0 Å². The molecule has 108 valence electrons. The Bertz CT molecular complexity index is 628. The smallest absolute Gasteiger partial charge is 0.352 e. The number of rotatable bonds is 5. The Kier molecular flexibility index (Phi) is 4.39. The first-order valence-electron chi connectivity index (χ1n) is 6.38. The van der Waals surface area contributed by atoms with Crippen molar-refractivity contribution in [2.45, 2.75) is 33.4 Å². The van der Waals surface area contributed by atoms with Crippen molar-refractivity contribution in [2.75, 3.05) is 0 Å². The maximum absolute atomic E-state index is 12.0. The zero-order valence-corrected chi connectivity index (χ0v) is 12.4. The van der Waals surface area contributed by atoms with Crippen LogP contribution in [-0.2, 0) is 11.3 Å². The van der Waals surface area contributed by atoms with E-state index >= 15 is 0 Å². The van der Waals surface area contributed by atoms with E-state index in [1.807, 2.05) is 38.3 Å².